The van der Waals surface area contributed by atoms with Crippen molar-refractivity contribution in [3.8, 4) is 0 Å². The molecule has 0 spiro atoms. The number of halogens is 4. The predicted octanol–water partition coefficient (Wildman–Crippen LogP) is 2.85. The summed E-state index contributed by atoms with van der Waals surface area (Å²) in [6.07, 6.45) is -2.70. The zero-order chi connectivity index (χ0) is 10.0. The number of nitrogens with two attached hydrogens (primary N) is 1. The maximum atomic E-state index is 12.6. The largest absolute Gasteiger partial charge is 0.319 e. The Morgan fingerprint density at radius 2 is 1.92 bits per heavy atom. The molecule has 0 aromatic heterocycles. The first-order valence-electron chi connectivity index (χ1n) is 3.51. The molecule has 5 heteroatoms. The van der Waals surface area contributed by atoms with Crippen LogP contribution in [0.15, 0.2) is 22.7 Å². The SMILES string of the molecule is NC(c1cc(F)ccc1Br)C(F)F. The van der Waals surface area contributed by atoms with Crippen molar-refractivity contribution in [2.45, 2.75) is 12.5 Å². The smallest absolute Gasteiger partial charge is 0.257 e. The molecule has 1 unspecified atom stereocenters. The lowest BCUT2D eigenvalue weighted by Crippen LogP contribution is -2.19. The molecule has 72 valence electrons. The lowest BCUT2D eigenvalue weighted by atomic mass is 10.1. The molecule has 0 aliphatic rings. The molecule has 1 nitrogen and oxygen atoms in total. The van der Waals surface area contributed by atoms with Gasteiger partial charge in [-0.1, -0.05) is 15.9 Å². The molecule has 0 heterocycles. The summed E-state index contributed by atoms with van der Waals surface area (Å²) in [6, 6.07) is 2.07. The van der Waals surface area contributed by atoms with Gasteiger partial charge >= 0.3 is 0 Å². The van der Waals surface area contributed by atoms with E-state index >= 15 is 0 Å². The molecule has 1 aromatic carbocycles. The van der Waals surface area contributed by atoms with Gasteiger partial charge in [0.05, 0.1) is 6.04 Å². The number of hydrogen-bond acceptors (Lipinski definition) is 1. The maximum absolute atomic E-state index is 12.6. The van der Waals surface area contributed by atoms with Crippen LogP contribution in [0.2, 0.25) is 0 Å². The van der Waals surface area contributed by atoms with Gasteiger partial charge in [0.15, 0.2) is 0 Å². The van der Waals surface area contributed by atoms with Crippen LogP contribution in [-0.4, -0.2) is 6.43 Å². The van der Waals surface area contributed by atoms with Crippen LogP contribution in [0.5, 0.6) is 0 Å². The van der Waals surface area contributed by atoms with E-state index in [2.05, 4.69) is 15.9 Å². The van der Waals surface area contributed by atoms with Gasteiger partial charge in [0.1, 0.15) is 5.82 Å². The highest BCUT2D eigenvalue weighted by Gasteiger charge is 2.20. The molecule has 0 radical (unpaired) electrons. The van der Waals surface area contributed by atoms with Crippen molar-refractivity contribution in [2.24, 2.45) is 5.73 Å². The molecule has 0 fully saturated rings. The van der Waals surface area contributed by atoms with Gasteiger partial charge in [-0.3, -0.25) is 0 Å². The van der Waals surface area contributed by atoms with Crippen molar-refractivity contribution in [1.82, 2.24) is 0 Å². The first kappa shape index (κ1) is 10.5. The maximum Gasteiger partial charge on any atom is 0.257 e. The van der Waals surface area contributed by atoms with Crippen LogP contribution in [0.3, 0.4) is 0 Å². The van der Waals surface area contributed by atoms with Crippen LogP contribution in [0.25, 0.3) is 0 Å². The molecule has 0 aliphatic heterocycles. The standard InChI is InChI=1S/C8H7BrF3N/c9-6-2-1-4(10)3-5(6)7(13)8(11)12/h1-3,7-8H,13H2. The zero-order valence-electron chi connectivity index (χ0n) is 6.48. The highest BCUT2D eigenvalue weighted by atomic mass is 79.9. The van der Waals surface area contributed by atoms with Crippen molar-refractivity contribution in [3.05, 3.63) is 34.1 Å². The van der Waals surface area contributed by atoms with Crippen molar-refractivity contribution >= 4 is 15.9 Å². The van der Waals surface area contributed by atoms with Crippen LogP contribution in [-0.2, 0) is 0 Å². The second kappa shape index (κ2) is 4.11. The molecule has 0 bridgehead atoms. The number of hydrogen-bond donors (Lipinski definition) is 1. The highest BCUT2D eigenvalue weighted by molar-refractivity contribution is 9.10. The Hall–Kier alpha value is -0.550. The summed E-state index contributed by atoms with van der Waals surface area (Å²) >= 11 is 3.02. The summed E-state index contributed by atoms with van der Waals surface area (Å²) < 4.78 is 37.4. The van der Waals surface area contributed by atoms with Crippen LogP contribution >= 0.6 is 15.9 Å². The highest BCUT2D eigenvalue weighted by Crippen LogP contribution is 2.26. The van der Waals surface area contributed by atoms with E-state index in [1.54, 1.807) is 0 Å². The van der Waals surface area contributed by atoms with Gasteiger partial charge in [-0.25, -0.2) is 13.2 Å². The molecule has 0 aliphatic carbocycles. The van der Waals surface area contributed by atoms with Gasteiger partial charge in [0.25, 0.3) is 6.43 Å². The molecule has 13 heavy (non-hydrogen) atoms. The number of alkyl halides is 2. The first-order valence-corrected chi connectivity index (χ1v) is 4.30. The van der Waals surface area contributed by atoms with E-state index in [4.69, 9.17) is 5.73 Å². The summed E-state index contributed by atoms with van der Waals surface area (Å²) in [5.74, 6) is -0.575. The van der Waals surface area contributed by atoms with Crippen LogP contribution < -0.4 is 5.73 Å². The molecular formula is C8H7BrF3N. The Balaban J connectivity index is 3.05. The molecule has 1 atom stereocenters. The summed E-state index contributed by atoms with van der Waals surface area (Å²) in [6.45, 7) is 0. The van der Waals surface area contributed by atoms with Crippen LogP contribution in [0, 0.1) is 5.82 Å². The van der Waals surface area contributed by atoms with Crippen molar-refractivity contribution in [1.29, 1.82) is 0 Å². The minimum Gasteiger partial charge on any atom is -0.319 e. The van der Waals surface area contributed by atoms with E-state index in [0.29, 0.717) is 4.47 Å². The van der Waals surface area contributed by atoms with E-state index in [9.17, 15) is 13.2 Å². The third-order valence-electron chi connectivity index (χ3n) is 1.59. The van der Waals surface area contributed by atoms with Gasteiger partial charge in [0.2, 0.25) is 0 Å². The molecule has 0 saturated carbocycles. The Labute approximate surface area is 81.9 Å². The summed E-state index contributed by atoms with van der Waals surface area (Å²) in [5.41, 5.74) is 5.24. The quantitative estimate of drug-likeness (QED) is 0.862. The van der Waals surface area contributed by atoms with Crippen molar-refractivity contribution in [2.75, 3.05) is 0 Å². The summed E-state index contributed by atoms with van der Waals surface area (Å²) in [5, 5.41) is 0. The Morgan fingerprint density at radius 3 is 2.46 bits per heavy atom. The predicted molar refractivity (Wildman–Crippen MR) is 47.0 cm³/mol. The topological polar surface area (TPSA) is 26.0 Å². The fraction of sp³-hybridized carbons (Fsp3) is 0.250. The van der Waals surface area contributed by atoms with Gasteiger partial charge in [-0.05, 0) is 23.8 Å². The van der Waals surface area contributed by atoms with Crippen molar-refractivity contribution < 1.29 is 13.2 Å². The molecule has 2 N–H and O–H groups in total. The Morgan fingerprint density at radius 1 is 1.31 bits per heavy atom. The second-order valence-electron chi connectivity index (χ2n) is 2.53. The molecular weight excluding hydrogens is 247 g/mol. The minimum atomic E-state index is -2.70. The normalized spacial score (nSPS) is 13.4. The molecule has 1 aromatic rings. The summed E-state index contributed by atoms with van der Waals surface area (Å²) in [7, 11) is 0. The van der Waals surface area contributed by atoms with Crippen molar-refractivity contribution in [3.63, 3.8) is 0 Å². The average Bonchev–Trinajstić information content (AvgIpc) is 2.08. The Kier molecular flexibility index (Phi) is 3.33. The minimum absolute atomic E-state index is 0.0787. The monoisotopic (exact) mass is 253 g/mol. The first-order chi connectivity index (χ1) is 6.02. The summed E-state index contributed by atoms with van der Waals surface area (Å²) in [4.78, 5) is 0. The van der Waals surface area contributed by atoms with Gasteiger partial charge in [-0.15, -0.1) is 0 Å². The van der Waals surface area contributed by atoms with Gasteiger partial charge in [-0.2, -0.15) is 0 Å². The van der Waals surface area contributed by atoms with E-state index in [-0.39, 0.29) is 5.56 Å². The zero-order valence-corrected chi connectivity index (χ0v) is 8.06. The van der Waals surface area contributed by atoms with Gasteiger partial charge < -0.3 is 5.73 Å². The van der Waals surface area contributed by atoms with Crippen LogP contribution in [0.4, 0.5) is 13.2 Å². The molecule has 0 amide bonds. The lowest BCUT2D eigenvalue weighted by Gasteiger charge is -2.12. The van der Waals surface area contributed by atoms with E-state index < -0.39 is 18.3 Å². The lowest BCUT2D eigenvalue weighted by molar-refractivity contribution is 0.116. The van der Waals surface area contributed by atoms with E-state index in [0.717, 1.165) is 6.07 Å². The van der Waals surface area contributed by atoms with E-state index in [1.807, 2.05) is 0 Å². The third kappa shape index (κ3) is 2.45. The van der Waals surface area contributed by atoms with Crippen LogP contribution in [0.1, 0.15) is 11.6 Å². The fourth-order valence-corrected chi connectivity index (χ4v) is 1.42. The number of rotatable bonds is 2. The second-order valence-corrected chi connectivity index (χ2v) is 3.38. The molecule has 1 rings (SSSR count). The molecule has 0 saturated heterocycles. The Bertz CT molecular complexity index is 303. The fourth-order valence-electron chi connectivity index (χ4n) is 0.906. The average molecular weight is 254 g/mol. The third-order valence-corrected chi connectivity index (χ3v) is 2.31. The number of benzene rings is 1. The van der Waals surface area contributed by atoms with Gasteiger partial charge in [0, 0.05) is 4.47 Å². The van der Waals surface area contributed by atoms with E-state index in [1.165, 1.54) is 12.1 Å².